The van der Waals surface area contributed by atoms with Gasteiger partial charge in [-0.3, -0.25) is 4.79 Å². The Morgan fingerprint density at radius 3 is 2.41 bits per heavy atom. The molecular formula is C18H22N2O2. The number of benzene rings is 2. The highest BCUT2D eigenvalue weighted by Gasteiger charge is 2.39. The summed E-state index contributed by atoms with van der Waals surface area (Å²) >= 11 is 0. The monoisotopic (exact) mass is 298 g/mol. The second kappa shape index (κ2) is 4.71. The molecule has 1 unspecified atom stereocenters. The maximum atomic E-state index is 12.9. The number of rotatable bonds is 1. The highest BCUT2D eigenvalue weighted by molar-refractivity contribution is 6.13. The van der Waals surface area contributed by atoms with E-state index in [4.69, 9.17) is 0 Å². The van der Waals surface area contributed by atoms with Crippen LogP contribution in [0.4, 0.5) is 5.69 Å². The Balaban J connectivity index is 2.35. The third kappa shape index (κ3) is 1.98. The number of carbonyl (C=O) groups is 1. The fourth-order valence-electron chi connectivity index (χ4n) is 3.25. The molecule has 2 aromatic rings. The lowest BCUT2D eigenvalue weighted by molar-refractivity contribution is -0.0349. The molecule has 22 heavy (non-hydrogen) atoms. The number of anilines is 1. The molecule has 0 radical (unpaired) electrons. The van der Waals surface area contributed by atoms with Crippen LogP contribution in [0.5, 0.6) is 0 Å². The molecule has 2 aromatic carbocycles. The molecule has 3 rings (SSSR count). The molecule has 0 saturated heterocycles. The largest absolute Gasteiger partial charge is 0.377 e. The molecule has 0 aliphatic carbocycles. The lowest BCUT2D eigenvalue weighted by atomic mass is 9.89. The van der Waals surface area contributed by atoms with E-state index in [0.717, 1.165) is 22.0 Å². The first-order valence-electron chi connectivity index (χ1n) is 7.48. The summed E-state index contributed by atoms with van der Waals surface area (Å²) in [6, 6.07) is 9.69. The van der Waals surface area contributed by atoms with E-state index in [1.807, 2.05) is 70.1 Å². The van der Waals surface area contributed by atoms with Crippen molar-refractivity contribution in [1.82, 2.24) is 4.90 Å². The average molecular weight is 298 g/mol. The molecule has 1 heterocycles. The fraction of sp³-hybridized carbons (Fsp3) is 0.389. The van der Waals surface area contributed by atoms with Gasteiger partial charge < -0.3 is 14.9 Å². The van der Waals surface area contributed by atoms with Gasteiger partial charge in [-0.15, -0.1) is 0 Å². The van der Waals surface area contributed by atoms with Gasteiger partial charge in [-0.05, 0) is 32.9 Å². The normalized spacial score (nSPS) is 18.0. The second-order valence-electron chi connectivity index (χ2n) is 7.02. The highest BCUT2D eigenvalue weighted by atomic mass is 16.3. The lowest BCUT2D eigenvalue weighted by Crippen LogP contribution is -2.49. The van der Waals surface area contributed by atoms with Crippen molar-refractivity contribution in [3.05, 3.63) is 41.5 Å². The van der Waals surface area contributed by atoms with Crippen molar-refractivity contribution >= 4 is 22.4 Å². The number of hydrogen-bond donors (Lipinski definition) is 1. The molecule has 0 fully saturated rings. The molecule has 0 saturated carbocycles. The van der Waals surface area contributed by atoms with Crippen LogP contribution in [0.25, 0.3) is 10.8 Å². The summed E-state index contributed by atoms with van der Waals surface area (Å²) in [5, 5.41) is 12.6. The van der Waals surface area contributed by atoms with Gasteiger partial charge in [-0.25, -0.2) is 0 Å². The minimum Gasteiger partial charge on any atom is -0.377 e. The van der Waals surface area contributed by atoms with Gasteiger partial charge in [0.25, 0.3) is 5.91 Å². The summed E-state index contributed by atoms with van der Waals surface area (Å²) in [6.45, 7) is 5.81. The van der Waals surface area contributed by atoms with Crippen molar-refractivity contribution in [3.8, 4) is 0 Å². The summed E-state index contributed by atoms with van der Waals surface area (Å²) in [5.74, 6) is -0.117. The van der Waals surface area contributed by atoms with E-state index in [-0.39, 0.29) is 5.91 Å². The van der Waals surface area contributed by atoms with Gasteiger partial charge in [-0.1, -0.05) is 18.2 Å². The Labute approximate surface area is 131 Å². The van der Waals surface area contributed by atoms with Crippen LogP contribution < -0.4 is 4.90 Å². The summed E-state index contributed by atoms with van der Waals surface area (Å²) < 4.78 is 0. The minimum absolute atomic E-state index is 0.117. The zero-order chi connectivity index (χ0) is 16.2. The van der Waals surface area contributed by atoms with E-state index in [2.05, 4.69) is 0 Å². The zero-order valence-corrected chi connectivity index (χ0v) is 13.7. The topological polar surface area (TPSA) is 43.8 Å². The van der Waals surface area contributed by atoms with Gasteiger partial charge in [0.05, 0.1) is 0 Å². The smallest absolute Gasteiger partial charge is 0.257 e. The Bertz CT molecular complexity index is 760. The fourth-order valence-corrected chi connectivity index (χ4v) is 3.25. The van der Waals surface area contributed by atoms with Crippen molar-refractivity contribution in [1.29, 1.82) is 0 Å². The molecule has 0 spiro atoms. The number of aliphatic hydroxyl groups is 1. The van der Waals surface area contributed by atoms with Crippen LogP contribution in [0.3, 0.4) is 0 Å². The molecule has 4 heteroatoms. The van der Waals surface area contributed by atoms with E-state index in [9.17, 15) is 9.90 Å². The first-order valence-corrected chi connectivity index (χ1v) is 7.48. The van der Waals surface area contributed by atoms with Gasteiger partial charge >= 0.3 is 0 Å². The van der Waals surface area contributed by atoms with Crippen molar-refractivity contribution in [2.75, 3.05) is 19.0 Å². The predicted octanol–water partition coefficient (Wildman–Crippen LogP) is 3.15. The molecule has 1 aliphatic rings. The number of nitrogens with zero attached hydrogens (tertiary/aromatic N) is 2. The minimum atomic E-state index is -0.916. The Hall–Kier alpha value is -2.07. The lowest BCUT2D eigenvalue weighted by Gasteiger charge is -2.42. The molecule has 1 N–H and O–H groups in total. The standard InChI is InChI=1S/C18H22N2O2/c1-18(2,3)20-16(21)12-8-6-7-11-14(19(4)5)10-9-13(15(11)12)17(20)22/h6-10,16,21H,1-5H3. The Morgan fingerprint density at radius 1 is 1.14 bits per heavy atom. The molecular weight excluding hydrogens is 276 g/mol. The van der Waals surface area contributed by atoms with E-state index in [0.29, 0.717) is 5.56 Å². The van der Waals surface area contributed by atoms with Gasteiger partial charge in [0, 0.05) is 47.2 Å². The van der Waals surface area contributed by atoms with Crippen molar-refractivity contribution in [2.24, 2.45) is 0 Å². The van der Waals surface area contributed by atoms with E-state index >= 15 is 0 Å². The predicted molar refractivity (Wildman–Crippen MR) is 89.2 cm³/mol. The van der Waals surface area contributed by atoms with Crippen LogP contribution in [0, 0.1) is 0 Å². The summed E-state index contributed by atoms with van der Waals surface area (Å²) in [7, 11) is 3.96. The molecule has 0 aromatic heterocycles. The maximum absolute atomic E-state index is 12.9. The van der Waals surface area contributed by atoms with Crippen LogP contribution in [0.1, 0.15) is 42.9 Å². The highest BCUT2D eigenvalue weighted by Crippen LogP contribution is 2.41. The quantitative estimate of drug-likeness (QED) is 0.879. The van der Waals surface area contributed by atoms with E-state index in [1.54, 1.807) is 4.90 Å². The summed E-state index contributed by atoms with van der Waals surface area (Å²) in [6.07, 6.45) is -0.916. The maximum Gasteiger partial charge on any atom is 0.257 e. The third-order valence-corrected chi connectivity index (χ3v) is 4.23. The third-order valence-electron chi connectivity index (χ3n) is 4.23. The van der Waals surface area contributed by atoms with E-state index < -0.39 is 11.8 Å². The SMILES string of the molecule is CN(C)c1ccc2c3c(cccc13)C(O)N(C(C)(C)C)C2=O. The molecule has 1 aliphatic heterocycles. The van der Waals surface area contributed by atoms with Crippen LogP contribution in [-0.4, -0.2) is 35.5 Å². The van der Waals surface area contributed by atoms with Gasteiger partial charge in [0.15, 0.2) is 6.23 Å². The average Bonchev–Trinajstić information content (AvgIpc) is 2.42. The number of carbonyl (C=O) groups excluding carboxylic acids is 1. The second-order valence-corrected chi connectivity index (χ2v) is 7.02. The van der Waals surface area contributed by atoms with Crippen LogP contribution in [0.2, 0.25) is 0 Å². The Kier molecular flexibility index (Phi) is 3.18. The van der Waals surface area contributed by atoms with Crippen LogP contribution in [-0.2, 0) is 0 Å². The molecule has 116 valence electrons. The van der Waals surface area contributed by atoms with Crippen molar-refractivity contribution < 1.29 is 9.90 Å². The number of hydrogen-bond acceptors (Lipinski definition) is 3. The van der Waals surface area contributed by atoms with Gasteiger partial charge in [-0.2, -0.15) is 0 Å². The molecule has 4 nitrogen and oxygen atoms in total. The van der Waals surface area contributed by atoms with Crippen LogP contribution >= 0.6 is 0 Å². The van der Waals surface area contributed by atoms with E-state index in [1.165, 1.54) is 0 Å². The summed E-state index contributed by atoms with van der Waals surface area (Å²) in [4.78, 5) is 16.5. The molecule has 1 atom stereocenters. The number of amides is 1. The first kappa shape index (κ1) is 14.9. The van der Waals surface area contributed by atoms with Crippen LogP contribution in [0.15, 0.2) is 30.3 Å². The number of aliphatic hydroxyl groups excluding tert-OH is 1. The van der Waals surface area contributed by atoms with Gasteiger partial charge in [0.2, 0.25) is 0 Å². The summed E-state index contributed by atoms with van der Waals surface area (Å²) in [5.41, 5.74) is 2.06. The van der Waals surface area contributed by atoms with Gasteiger partial charge in [0.1, 0.15) is 0 Å². The zero-order valence-electron chi connectivity index (χ0n) is 13.7. The van der Waals surface area contributed by atoms with Crippen molar-refractivity contribution in [3.63, 3.8) is 0 Å². The van der Waals surface area contributed by atoms with Crippen molar-refractivity contribution in [2.45, 2.75) is 32.5 Å². The molecule has 1 amide bonds. The first-order chi connectivity index (χ1) is 10.2. The molecule has 0 bridgehead atoms. The Morgan fingerprint density at radius 2 is 1.82 bits per heavy atom.